The Morgan fingerprint density at radius 2 is 2.17 bits per heavy atom. The highest BCUT2D eigenvalue weighted by molar-refractivity contribution is 5.19. The maximum absolute atomic E-state index is 5.71. The van der Waals surface area contributed by atoms with Crippen molar-refractivity contribution in [2.45, 2.75) is 31.8 Å². The minimum Gasteiger partial charge on any atom is -0.373 e. The second kappa shape index (κ2) is 3.44. The van der Waals surface area contributed by atoms with E-state index in [1.165, 1.54) is 31.3 Å². The first-order valence-corrected chi connectivity index (χ1v) is 4.85. The Bertz CT molecular complexity index is 205. The predicted molar refractivity (Wildman–Crippen MR) is 50.0 cm³/mol. The Hall–Kier alpha value is -0.560. The molecular weight excluding hydrogens is 148 g/mol. The smallest absolute Gasteiger partial charge is 0.0687 e. The molecule has 12 heavy (non-hydrogen) atoms. The van der Waals surface area contributed by atoms with Gasteiger partial charge in [0, 0.05) is 5.92 Å². The van der Waals surface area contributed by atoms with E-state index in [2.05, 4.69) is 12.7 Å². The quantitative estimate of drug-likeness (QED) is 0.579. The number of allylic oxidation sites excluding steroid dienone is 2. The summed E-state index contributed by atoms with van der Waals surface area (Å²) in [6, 6.07) is 0. The van der Waals surface area contributed by atoms with E-state index in [9.17, 15) is 0 Å². The highest BCUT2D eigenvalue weighted by Gasteiger charge is 2.33. The molecule has 2 fully saturated rings. The van der Waals surface area contributed by atoms with E-state index in [4.69, 9.17) is 4.74 Å². The highest BCUT2D eigenvalue weighted by Crippen LogP contribution is 2.37. The van der Waals surface area contributed by atoms with Crippen molar-refractivity contribution in [2.75, 3.05) is 6.61 Å². The number of hydrogen-bond acceptors (Lipinski definition) is 1. The third kappa shape index (κ3) is 1.34. The molecule has 1 aliphatic carbocycles. The number of rotatable bonds is 1. The van der Waals surface area contributed by atoms with Crippen molar-refractivity contribution < 1.29 is 4.74 Å². The molecular formula is C11H16O. The molecule has 0 amide bonds. The lowest BCUT2D eigenvalue weighted by Gasteiger charge is -2.23. The topological polar surface area (TPSA) is 9.23 Å². The van der Waals surface area contributed by atoms with Gasteiger partial charge in [-0.05, 0) is 18.4 Å². The molecule has 0 radical (unpaired) electrons. The van der Waals surface area contributed by atoms with Gasteiger partial charge in [0.2, 0.25) is 0 Å². The van der Waals surface area contributed by atoms with Gasteiger partial charge >= 0.3 is 0 Å². The summed E-state index contributed by atoms with van der Waals surface area (Å²) >= 11 is 0. The van der Waals surface area contributed by atoms with Gasteiger partial charge in [0.1, 0.15) is 0 Å². The van der Waals surface area contributed by atoms with Crippen LogP contribution >= 0.6 is 0 Å². The molecule has 1 aliphatic heterocycles. The molecule has 1 nitrogen and oxygen atoms in total. The van der Waals surface area contributed by atoms with Crippen molar-refractivity contribution >= 4 is 0 Å². The van der Waals surface area contributed by atoms with E-state index >= 15 is 0 Å². The van der Waals surface area contributed by atoms with Crippen LogP contribution in [0.4, 0.5) is 0 Å². The Balaban J connectivity index is 2.10. The monoisotopic (exact) mass is 164 g/mol. The fourth-order valence-electron chi connectivity index (χ4n) is 2.35. The van der Waals surface area contributed by atoms with Gasteiger partial charge in [-0.3, -0.25) is 0 Å². The van der Waals surface area contributed by atoms with Crippen molar-refractivity contribution in [1.82, 2.24) is 0 Å². The van der Waals surface area contributed by atoms with Crippen LogP contribution in [0.25, 0.3) is 0 Å². The van der Waals surface area contributed by atoms with Gasteiger partial charge in [0.15, 0.2) is 0 Å². The summed E-state index contributed by atoms with van der Waals surface area (Å²) in [6.07, 6.45) is 9.86. The molecule has 1 saturated heterocycles. The van der Waals surface area contributed by atoms with Crippen LogP contribution in [0.1, 0.15) is 25.7 Å². The van der Waals surface area contributed by atoms with Crippen molar-refractivity contribution in [1.29, 1.82) is 0 Å². The molecule has 1 heteroatoms. The molecule has 2 atom stereocenters. The molecule has 0 aromatic rings. The zero-order valence-corrected chi connectivity index (χ0v) is 7.46. The van der Waals surface area contributed by atoms with Gasteiger partial charge in [-0.1, -0.05) is 31.6 Å². The minimum atomic E-state index is 0.532. The van der Waals surface area contributed by atoms with Crippen LogP contribution in [-0.2, 0) is 4.74 Å². The maximum atomic E-state index is 5.71. The van der Waals surface area contributed by atoms with Crippen LogP contribution in [0.3, 0.4) is 0 Å². The van der Waals surface area contributed by atoms with Crippen molar-refractivity contribution in [3.8, 4) is 0 Å². The van der Waals surface area contributed by atoms with E-state index in [0.717, 1.165) is 12.5 Å². The average molecular weight is 164 g/mol. The molecule has 0 spiro atoms. The van der Waals surface area contributed by atoms with E-state index in [1.54, 1.807) is 0 Å². The van der Waals surface area contributed by atoms with Gasteiger partial charge in [-0.2, -0.15) is 0 Å². The van der Waals surface area contributed by atoms with Crippen LogP contribution in [0.5, 0.6) is 0 Å². The summed E-state index contributed by atoms with van der Waals surface area (Å²) in [6.45, 7) is 4.58. The molecule has 0 N–H and O–H groups in total. The fraction of sp³-hybridized carbons (Fsp3) is 0.636. The van der Waals surface area contributed by atoms with Crippen molar-refractivity contribution in [3.05, 3.63) is 24.3 Å². The summed E-state index contributed by atoms with van der Waals surface area (Å²) in [7, 11) is 0. The first kappa shape index (κ1) is 8.06. The molecule has 1 heterocycles. The molecule has 2 unspecified atom stereocenters. The summed E-state index contributed by atoms with van der Waals surface area (Å²) in [5.41, 5.74) is 1.47. The van der Waals surface area contributed by atoms with Gasteiger partial charge in [0.25, 0.3) is 0 Å². The summed E-state index contributed by atoms with van der Waals surface area (Å²) in [5, 5.41) is 0. The first-order chi connectivity index (χ1) is 5.92. The van der Waals surface area contributed by atoms with Crippen molar-refractivity contribution in [2.24, 2.45) is 5.92 Å². The Morgan fingerprint density at radius 3 is 3.00 bits per heavy atom. The average Bonchev–Trinajstić information content (AvgIpc) is 2.50. The van der Waals surface area contributed by atoms with Crippen LogP contribution in [0.15, 0.2) is 24.3 Å². The summed E-state index contributed by atoms with van der Waals surface area (Å²) < 4.78 is 5.71. The Labute approximate surface area is 74.1 Å². The van der Waals surface area contributed by atoms with E-state index in [1.807, 2.05) is 6.08 Å². The molecule has 0 bridgehead atoms. The van der Waals surface area contributed by atoms with Gasteiger partial charge in [-0.15, -0.1) is 0 Å². The van der Waals surface area contributed by atoms with Gasteiger partial charge < -0.3 is 4.74 Å². The largest absolute Gasteiger partial charge is 0.373 e. The predicted octanol–water partition coefficient (Wildman–Crippen LogP) is 2.69. The first-order valence-electron chi connectivity index (χ1n) is 4.85. The molecule has 1 saturated carbocycles. The molecule has 66 valence electrons. The van der Waals surface area contributed by atoms with Crippen LogP contribution < -0.4 is 0 Å². The van der Waals surface area contributed by atoms with E-state index in [0.29, 0.717) is 6.10 Å². The zero-order valence-electron chi connectivity index (χ0n) is 7.46. The lowest BCUT2D eigenvalue weighted by Crippen LogP contribution is -2.20. The second-order valence-corrected chi connectivity index (χ2v) is 3.72. The van der Waals surface area contributed by atoms with E-state index < -0.39 is 0 Å². The lowest BCUT2D eigenvalue weighted by atomic mass is 9.83. The zero-order chi connectivity index (χ0) is 8.39. The molecule has 0 aromatic carbocycles. The molecule has 2 rings (SSSR count). The number of hydrogen-bond donors (Lipinski definition) is 0. The van der Waals surface area contributed by atoms with Crippen molar-refractivity contribution in [3.63, 3.8) is 0 Å². The Kier molecular flexibility index (Phi) is 2.31. The summed E-state index contributed by atoms with van der Waals surface area (Å²) in [5.74, 6) is 0.719. The second-order valence-electron chi connectivity index (χ2n) is 3.72. The van der Waals surface area contributed by atoms with Crippen LogP contribution in [-0.4, -0.2) is 12.7 Å². The third-order valence-electron chi connectivity index (χ3n) is 2.97. The number of ether oxygens (including phenoxy) is 1. The highest BCUT2D eigenvalue weighted by atomic mass is 16.5. The SMILES string of the molecule is C=C/C=C1/COC2CCCCC12. The standard InChI is InChI=1S/C11H16O/c1-2-5-9-8-12-11-7-4-3-6-10(9)11/h2,5,10-11H,1,3-4,6-8H2/b9-5-. The van der Waals surface area contributed by atoms with Gasteiger partial charge in [-0.25, -0.2) is 0 Å². The summed E-state index contributed by atoms with van der Waals surface area (Å²) in [4.78, 5) is 0. The van der Waals surface area contributed by atoms with Crippen LogP contribution in [0.2, 0.25) is 0 Å². The maximum Gasteiger partial charge on any atom is 0.0687 e. The number of fused-ring (bicyclic) bond motifs is 1. The molecule has 0 aromatic heterocycles. The fourth-order valence-corrected chi connectivity index (χ4v) is 2.35. The minimum absolute atomic E-state index is 0.532. The third-order valence-corrected chi connectivity index (χ3v) is 2.97. The normalized spacial score (nSPS) is 38.2. The van der Waals surface area contributed by atoms with Crippen LogP contribution in [0, 0.1) is 5.92 Å². The molecule has 2 aliphatic rings. The van der Waals surface area contributed by atoms with E-state index in [-0.39, 0.29) is 0 Å². The lowest BCUT2D eigenvalue weighted by molar-refractivity contribution is 0.0663. The van der Waals surface area contributed by atoms with Gasteiger partial charge in [0.05, 0.1) is 12.7 Å². The Morgan fingerprint density at radius 1 is 1.33 bits per heavy atom.